The molecule has 28 heavy (non-hydrogen) atoms. The number of hydrogen-bond donors (Lipinski definition) is 0. The number of benzene rings is 1. The minimum absolute atomic E-state index is 0.0996. The Balaban J connectivity index is 1.48. The van der Waals surface area contributed by atoms with Crippen LogP contribution in [0.5, 0.6) is 5.88 Å². The summed E-state index contributed by atoms with van der Waals surface area (Å²) in [7, 11) is 0. The van der Waals surface area contributed by atoms with Crippen molar-refractivity contribution in [2.45, 2.75) is 18.7 Å². The third kappa shape index (κ3) is 3.62. The van der Waals surface area contributed by atoms with Gasteiger partial charge in [-0.3, -0.25) is 9.78 Å². The molecular formula is C20H16F3N3O2. The molecule has 1 aliphatic rings. The molecule has 5 nitrogen and oxygen atoms in total. The van der Waals surface area contributed by atoms with Crippen molar-refractivity contribution in [3.8, 4) is 5.88 Å². The van der Waals surface area contributed by atoms with E-state index in [2.05, 4.69) is 9.97 Å². The van der Waals surface area contributed by atoms with Gasteiger partial charge in [-0.2, -0.15) is 13.2 Å². The van der Waals surface area contributed by atoms with Gasteiger partial charge in [0.1, 0.15) is 11.8 Å². The monoisotopic (exact) mass is 387 g/mol. The molecule has 3 aromatic rings. The molecule has 0 N–H and O–H groups in total. The van der Waals surface area contributed by atoms with E-state index >= 15 is 0 Å². The molecule has 3 heterocycles. The molecule has 0 radical (unpaired) electrons. The van der Waals surface area contributed by atoms with Crippen molar-refractivity contribution in [1.82, 2.24) is 14.9 Å². The van der Waals surface area contributed by atoms with E-state index in [0.717, 1.165) is 29.1 Å². The average Bonchev–Trinajstić information content (AvgIpc) is 3.15. The smallest absolute Gasteiger partial charge is 0.416 e. The zero-order chi connectivity index (χ0) is 19.7. The van der Waals surface area contributed by atoms with Crippen molar-refractivity contribution in [2.75, 3.05) is 13.1 Å². The van der Waals surface area contributed by atoms with Gasteiger partial charge in [-0.25, -0.2) is 4.98 Å². The van der Waals surface area contributed by atoms with E-state index in [1.165, 1.54) is 0 Å². The summed E-state index contributed by atoms with van der Waals surface area (Å²) >= 11 is 0. The standard InChI is InChI=1S/C20H16F3N3O2/c21-20(22,23)14-6-9-24-17(11-14)28-15-7-10-26(12-15)19(27)18-16-4-2-1-3-13(16)5-8-25-18/h1-6,8-9,11,15H,7,10,12H2. The lowest BCUT2D eigenvalue weighted by Crippen LogP contribution is -2.31. The number of pyridine rings is 2. The van der Waals surface area contributed by atoms with Crippen molar-refractivity contribution in [3.63, 3.8) is 0 Å². The highest BCUT2D eigenvalue weighted by atomic mass is 19.4. The fourth-order valence-corrected chi connectivity index (χ4v) is 3.27. The molecule has 0 aliphatic carbocycles. The summed E-state index contributed by atoms with van der Waals surface area (Å²) in [4.78, 5) is 22.6. The second-order valence-corrected chi connectivity index (χ2v) is 6.54. The Morgan fingerprint density at radius 3 is 2.71 bits per heavy atom. The lowest BCUT2D eigenvalue weighted by atomic mass is 10.1. The number of fused-ring (bicyclic) bond motifs is 1. The number of carbonyl (C=O) groups excluding carboxylic acids is 1. The highest BCUT2D eigenvalue weighted by Crippen LogP contribution is 2.31. The first-order chi connectivity index (χ1) is 13.4. The number of alkyl halides is 3. The van der Waals surface area contributed by atoms with Crippen LogP contribution in [0.3, 0.4) is 0 Å². The van der Waals surface area contributed by atoms with Gasteiger partial charge in [0.2, 0.25) is 5.88 Å². The molecule has 4 rings (SSSR count). The molecule has 1 saturated heterocycles. The van der Waals surface area contributed by atoms with Crippen LogP contribution in [0.1, 0.15) is 22.5 Å². The van der Waals surface area contributed by atoms with Crippen LogP contribution in [0, 0.1) is 0 Å². The lowest BCUT2D eigenvalue weighted by Gasteiger charge is -2.17. The molecule has 0 bridgehead atoms. The van der Waals surface area contributed by atoms with Gasteiger partial charge in [-0.15, -0.1) is 0 Å². The Morgan fingerprint density at radius 1 is 1.11 bits per heavy atom. The maximum absolute atomic E-state index is 12.9. The summed E-state index contributed by atoms with van der Waals surface area (Å²) in [6.07, 6.45) is -1.72. The van der Waals surface area contributed by atoms with Crippen molar-refractivity contribution < 1.29 is 22.7 Å². The number of likely N-dealkylation sites (tertiary alicyclic amines) is 1. The summed E-state index contributed by atoms with van der Waals surface area (Å²) in [6.45, 7) is 0.703. The van der Waals surface area contributed by atoms with Crippen molar-refractivity contribution >= 4 is 16.7 Å². The van der Waals surface area contributed by atoms with Gasteiger partial charge in [-0.05, 0) is 17.5 Å². The molecule has 1 amide bonds. The molecule has 1 atom stereocenters. The topological polar surface area (TPSA) is 55.3 Å². The quantitative estimate of drug-likeness (QED) is 0.683. The van der Waals surface area contributed by atoms with Crippen molar-refractivity contribution in [2.24, 2.45) is 0 Å². The summed E-state index contributed by atoms with van der Waals surface area (Å²) < 4.78 is 44.1. The zero-order valence-electron chi connectivity index (χ0n) is 14.7. The maximum atomic E-state index is 12.9. The molecule has 1 aromatic carbocycles. The fourth-order valence-electron chi connectivity index (χ4n) is 3.27. The summed E-state index contributed by atoms with van der Waals surface area (Å²) in [5.74, 6) is -0.322. The molecule has 1 fully saturated rings. The van der Waals surface area contributed by atoms with Crippen LogP contribution in [0.15, 0.2) is 54.9 Å². The lowest BCUT2D eigenvalue weighted by molar-refractivity contribution is -0.137. The number of nitrogens with zero attached hydrogens (tertiary/aromatic N) is 3. The minimum atomic E-state index is -4.46. The van der Waals surface area contributed by atoms with Crippen LogP contribution < -0.4 is 4.74 Å². The second kappa shape index (κ2) is 7.10. The van der Waals surface area contributed by atoms with E-state index in [1.807, 2.05) is 30.3 Å². The van der Waals surface area contributed by atoms with E-state index in [0.29, 0.717) is 18.7 Å². The molecule has 0 saturated carbocycles. The van der Waals surface area contributed by atoms with Crippen molar-refractivity contribution in [1.29, 1.82) is 0 Å². The molecular weight excluding hydrogens is 371 g/mol. The molecule has 1 aliphatic heterocycles. The Kier molecular flexibility index (Phi) is 4.62. The predicted molar refractivity (Wildman–Crippen MR) is 95.9 cm³/mol. The van der Waals surface area contributed by atoms with Gasteiger partial charge in [-0.1, -0.05) is 24.3 Å². The molecule has 8 heteroatoms. The highest BCUT2D eigenvalue weighted by molar-refractivity contribution is 6.05. The minimum Gasteiger partial charge on any atom is -0.472 e. The maximum Gasteiger partial charge on any atom is 0.416 e. The van der Waals surface area contributed by atoms with Gasteiger partial charge in [0, 0.05) is 36.8 Å². The summed E-state index contributed by atoms with van der Waals surface area (Å²) in [6, 6.07) is 11.1. The van der Waals surface area contributed by atoms with Gasteiger partial charge in [0.05, 0.1) is 12.1 Å². The van der Waals surface area contributed by atoms with E-state index in [9.17, 15) is 18.0 Å². The largest absolute Gasteiger partial charge is 0.472 e. The van der Waals surface area contributed by atoms with Crippen LogP contribution in [0.2, 0.25) is 0 Å². The van der Waals surface area contributed by atoms with Gasteiger partial charge in [0.25, 0.3) is 5.91 Å². The Morgan fingerprint density at radius 2 is 1.89 bits per heavy atom. The van der Waals surface area contributed by atoms with Crippen molar-refractivity contribution in [3.05, 3.63) is 66.1 Å². The van der Waals surface area contributed by atoms with Gasteiger partial charge < -0.3 is 9.64 Å². The predicted octanol–water partition coefficient (Wildman–Crippen LogP) is 3.94. The molecule has 1 unspecified atom stereocenters. The number of rotatable bonds is 3. The Hall–Kier alpha value is -3.16. The van der Waals surface area contributed by atoms with Crippen LogP contribution in [-0.2, 0) is 6.18 Å². The molecule has 144 valence electrons. The van der Waals surface area contributed by atoms with E-state index in [4.69, 9.17) is 4.74 Å². The van der Waals surface area contributed by atoms with Crippen LogP contribution >= 0.6 is 0 Å². The highest BCUT2D eigenvalue weighted by Gasteiger charge is 2.33. The van der Waals surface area contributed by atoms with Crippen LogP contribution in [0.25, 0.3) is 10.8 Å². The Labute approximate surface area is 158 Å². The third-order valence-corrected chi connectivity index (χ3v) is 4.66. The Bertz CT molecular complexity index is 1020. The SMILES string of the molecule is O=C(c1nccc2ccccc12)N1CCC(Oc2cc(C(F)(F)F)ccn2)C1. The number of ether oxygens (including phenoxy) is 1. The zero-order valence-corrected chi connectivity index (χ0v) is 14.7. The van der Waals surface area contributed by atoms with Crippen LogP contribution in [-0.4, -0.2) is 40.0 Å². The normalized spacial score (nSPS) is 17.1. The first-order valence-electron chi connectivity index (χ1n) is 8.75. The van der Waals surface area contributed by atoms with Gasteiger partial charge >= 0.3 is 6.18 Å². The van der Waals surface area contributed by atoms with Gasteiger partial charge in [0.15, 0.2) is 0 Å². The number of amides is 1. The average molecular weight is 387 g/mol. The molecule has 2 aromatic heterocycles. The summed E-state index contributed by atoms with van der Waals surface area (Å²) in [5.41, 5.74) is -0.459. The van der Waals surface area contributed by atoms with E-state index in [1.54, 1.807) is 11.1 Å². The fraction of sp³-hybridized carbons (Fsp3) is 0.250. The number of aromatic nitrogens is 2. The summed E-state index contributed by atoms with van der Waals surface area (Å²) in [5, 5.41) is 1.68. The number of halogens is 3. The van der Waals surface area contributed by atoms with Crippen LogP contribution in [0.4, 0.5) is 13.2 Å². The first kappa shape index (κ1) is 18.2. The third-order valence-electron chi connectivity index (χ3n) is 4.66. The van der Waals surface area contributed by atoms with E-state index < -0.39 is 17.8 Å². The first-order valence-corrected chi connectivity index (χ1v) is 8.75. The number of hydrogen-bond acceptors (Lipinski definition) is 4. The number of carbonyl (C=O) groups is 1. The second-order valence-electron chi connectivity index (χ2n) is 6.54. The molecule has 0 spiro atoms. The van der Waals surface area contributed by atoms with E-state index in [-0.39, 0.29) is 18.3 Å².